The summed E-state index contributed by atoms with van der Waals surface area (Å²) in [5.74, 6) is -0.314. The molecule has 0 atom stereocenters. The first-order valence-electron chi connectivity index (χ1n) is 8.41. The molecule has 0 amide bonds. The minimum atomic E-state index is -4.13. The van der Waals surface area contributed by atoms with E-state index >= 15 is 0 Å². The maximum Gasteiger partial charge on any atom is 0.226 e. The van der Waals surface area contributed by atoms with Crippen molar-refractivity contribution in [3.05, 3.63) is 59.6 Å². The molecule has 5 nitrogen and oxygen atoms in total. The van der Waals surface area contributed by atoms with Crippen molar-refractivity contribution in [1.29, 1.82) is 0 Å². The van der Waals surface area contributed by atoms with Gasteiger partial charge < -0.3 is 0 Å². The van der Waals surface area contributed by atoms with Gasteiger partial charge in [-0.3, -0.25) is 0 Å². The van der Waals surface area contributed by atoms with Crippen molar-refractivity contribution in [2.45, 2.75) is 28.0 Å². The third-order valence-corrected chi connectivity index (χ3v) is 9.78. The zero-order valence-electron chi connectivity index (χ0n) is 15.2. The molecule has 0 unspecified atom stereocenters. The molecule has 3 aromatic rings. The van der Waals surface area contributed by atoms with E-state index < -0.39 is 24.7 Å². The van der Waals surface area contributed by atoms with Gasteiger partial charge in [0, 0.05) is 10.6 Å². The highest BCUT2D eigenvalue weighted by atomic mass is 35.5. The van der Waals surface area contributed by atoms with Crippen LogP contribution in [0.15, 0.2) is 68.7 Å². The molecule has 0 aliphatic rings. The Labute approximate surface area is 173 Å². The zero-order chi connectivity index (χ0) is 20.5. The van der Waals surface area contributed by atoms with E-state index in [-0.39, 0.29) is 20.8 Å². The second-order valence-corrected chi connectivity index (χ2v) is 12.1. The summed E-state index contributed by atoms with van der Waals surface area (Å²) in [6.45, 7) is 3.54. The third-order valence-electron chi connectivity index (χ3n) is 3.80. The van der Waals surface area contributed by atoms with Crippen LogP contribution in [-0.2, 0) is 19.7 Å². The van der Waals surface area contributed by atoms with Crippen LogP contribution in [0.4, 0.5) is 0 Å². The molecule has 9 heteroatoms. The van der Waals surface area contributed by atoms with Gasteiger partial charge in [0.1, 0.15) is 5.01 Å². The summed E-state index contributed by atoms with van der Waals surface area (Å²) in [6, 6.07) is 14.5. The molecule has 0 radical (unpaired) electrons. The minimum Gasteiger partial charge on any atom is -0.223 e. The SMILES string of the molecule is CC(C)CS(=O)(=O)c1sc(-c2ccccc2)nc1S(=O)(=O)c1ccc(Cl)cc1. The maximum absolute atomic E-state index is 13.2. The van der Waals surface area contributed by atoms with E-state index in [1.165, 1.54) is 24.3 Å². The Morgan fingerprint density at radius 3 is 2.14 bits per heavy atom. The largest absolute Gasteiger partial charge is 0.226 e. The number of sulfone groups is 2. The van der Waals surface area contributed by atoms with Crippen molar-refractivity contribution in [2.75, 3.05) is 5.75 Å². The van der Waals surface area contributed by atoms with Crippen molar-refractivity contribution in [1.82, 2.24) is 4.98 Å². The molecule has 1 aromatic heterocycles. The van der Waals surface area contributed by atoms with Gasteiger partial charge in [-0.15, -0.1) is 11.3 Å². The molecule has 3 rings (SSSR count). The number of rotatable bonds is 6. The highest BCUT2D eigenvalue weighted by Gasteiger charge is 2.33. The summed E-state index contributed by atoms with van der Waals surface area (Å²) < 4.78 is 52.0. The topological polar surface area (TPSA) is 81.2 Å². The van der Waals surface area contributed by atoms with Gasteiger partial charge in [-0.2, -0.15) is 0 Å². The molecule has 1 heterocycles. The zero-order valence-corrected chi connectivity index (χ0v) is 18.4. The van der Waals surface area contributed by atoms with E-state index in [1.54, 1.807) is 38.1 Å². The number of hydrogen-bond donors (Lipinski definition) is 0. The van der Waals surface area contributed by atoms with Crippen LogP contribution in [0.3, 0.4) is 0 Å². The first-order chi connectivity index (χ1) is 13.1. The van der Waals surface area contributed by atoms with Crippen LogP contribution < -0.4 is 0 Å². The maximum atomic E-state index is 13.2. The average molecular weight is 456 g/mol. The molecule has 0 bridgehead atoms. The van der Waals surface area contributed by atoms with Gasteiger partial charge in [-0.25, -0.2) is 21.8 Å². The summed E-state index contributed by atoms with van der Waals surface area (Å²) >= 11 is 6.73. The molecule has 0 saturated heterocycles. The molecule has 148 valence electrons. The molecular formula is C19H18ClNO4S3. The molecule has 0 spiro atoms. The Hall–Kier alpha value is -1.74. The number of nitrogens with zero attached hydrogens (tertiary/aromatic N) is 1. The molecule has 0 fully saturated rings. The summed E-state index contributed by atoms with van der Waals surface area (Å²) in [6.07, 6.45) is 0. The van der Waals surface area contributed by atoms with E-state index in [0.717, 1.165) is 11.3 Å². The van der Waals surface area contributed by atoms with Crippen molar-refractivity contribution in [3.63, 3.8) is 0 Å². The number of thiazole rings is 1. The van der Waals surface area contributed by atoms with Crippen LogP contribution in [-0.4, -0.2) is 27.6 Å². The Bertz CT molecular complexity index is 1180. The van der Waals surface area contributed by atoms with Gasteiger partial charge in [0.15, 0.2) is 19.1 Å². The first-order valence-corrected chi connectivity index (χ1v) is 12.7. The van der Waals surface area contributed by atoms with Crippen LogP contribution in [0.1, 0.15) is 13.8 Å². The molecular weight excluding hydrogens is 438 g/mol. The summed E-state index contributed by atoms with van der Waals surface area (Å²) in [7, 11) is -7.96. The van der Waals surface area contributed by atoms with Crippen molar-refractivity contribution in [3.8, 4) is 10.6 Å². The van der Waals surface area contributed by atoms with Gasteiger partial charge in [-0.1, -0.05) is 55.8 Å². The van der Waals surface area contributed by atoms with E-state index in [1.807, 2.05) is 6.07 Å². The number of halogens is 1. The fraction of sp³-hybridized carbons (Fsp3) is 0.211. The normalized spacial score (nSPS) is 12.4. The number of aromatic nitrogens is 1. The summed E-state index contributed by atoms with van der Waals surface area (Å²) in [4.78, 5) is 4.19. The van der Waals surface area contributed by atoms with Crippen LogP contribution in [0.2, 0.25) is 5.02 Å². The average Bonchev–Trinajstić information content (AvgIpc) is 3.09. The van der Waals surface area contributed by atoms with Gasteiger partial charge in [-0.05, 0) is 30.2 Å². The standard InChI is InChI=1S/C19H18ClNO4S3/c1-13(2)12-27(22,23)19-18(21-17(26-19)14-6-4-3-5-7-14)28(24,25)16-10-8-15(20)9-11-16/h3-11,13H,12H2,1-2H3. The Morgan fingerprint density at radius 2 is 1.57 bits per heavy atom. The predicted octanol–water partition coefficient (Wildman–Crippen LogP) is 4.73. The Morgan fingerprint density at radius 1 is 0.964 bits per heavy atom. The second-order valence-electron chi connectivity index (χ2n) is 6.61. The third kappa shape index (κ3) is 4.30. The fourth-order valence-corrected chi connectivity index (χ4v) is 8.09. The van der Waals surface area contributed by atoms with Crippen LogP contribution in [0.25, 0.3) is 10.6 Å². The lowest BCUT2D eigenvalue weighted by atomic mass is 10.2. The lowest BCUT2D eigenvalue weighted by Crippen LogP contribution is -2.14. The summed E-state index contributed by atoms with van der Waals surface area (Å²) in [5, 5.41) is 0.296. The molecule has 0 aliphatic carbocycles. The van der Waals surface area contributed by atoms with Crippen molar-refractivity contribution >= 4 is 42.6 Å². The molecule has 2 aromatic carbocycles. The lowest BCUT2D eigenvalue weighted by Gasteiger charge is -2.08. The molecule has 0 N–H and O–H groups in total. The van der Waals surface area contributed by atoms with E-state index in [2.05, 4.69) is 4.98 Å². The van der Waals surface area contributed by atoms with Gasteiger partial charge in [0.25, 0.3) is 0 Å². The van der Waals surface area contributed by atoms with E-state index in [9.17, 15) is 16.8 Å². The van der Waals surface area contributed by atoms with Crippen LogP contribution >= 0.6 is 22.9 Å². The molecule has 0 saturated carbocycles. The molecule has 28 heavy (non-hydrogen) atoms. The van der Waals surface area contributed by atoms with E-state index in [0.29, 0.717) is 15.6 Å². The smallest absolute Gasteiger partial charge is 0.223 e. The minimum absolute atomic E-state index is 0.0530. The van der Waals surface area contributed by atoms with Crippen molar-refractivity contribution in [2.24, 2.45) is 5.92 Å². The highest BCUT2D eigenvalue weighted by Crippen LogP contribution is 2.37. The second kappa shape index (κ2) is 7.94. The van der Waals surface area contributed by atoms with Gasteiger partial charge in [0.2, 0.25) is 9.84 Å². The van der Waals surface area contributed by atoms with Crippen LogP contribution in [0.5, 0.6) is 0 Å². The molecule has 0 aliphatic heterocycles. The highest BCUT2D eigenvalue weighted by molar-refractivity contribution is 7.96. The monoisotopic (exact) mass is 455 g/mol. The predicted molar refractivity (Wildman–Crippen MR) is 111 cm³/mol. The van der Waals surface area contributed by atoms with Crippen LogP contribution in [0, 0.1) is 5.92 Å². The number of hydrogen-bond acceptors (Lipinski definition) is 6. The number of benzene rings is 2. The first kappa shape index (κ1) is 21.0. The summed E-state index contributed by atoms with van der Waals surface area (Å²) in [5.41, 5.74) is 0.658. The van der Waals surface area contributed by atoms with Gasteiger partial charge >= 0.3 is 0 Å². The van der Waals surface area contributed by atoms with Crippen molar-refractivity contribution < 1.29 is 16.8 Å². The Balaban J connectivity index is 2.24. The fourth-order valence-electron chi connectivity index (χ4n) is 2.60. The van der Waals surface area contributed by atoms with Gasteiger partial charge in [0.05, 0.1) is 10.6 Å². The van der Waals surface area contributed by atoms with E-state index in [4.69, 9.17) is 11.6 Å². The lowest BCUT2D eigenvalue weighted by molar-refractivity contribution is 0.574. The Kier molecular flexibility index (Phi) is 5.95. The quantitative estimate of drug-likeness (QED) is 0.536.